The van der Waals surface area contributed by atoms with E-state index in [1.807, 2.05) is 11.8 Å². The van der Waals surface area contributed by atoms with Gasteiger partial charge in [-0.05, 0) is 18.6 Å². The predicted molar refractivity (Wildman–Crippen MR) is 74.5 cm³/mol. The Morgan fingerprint density at radius 2 is 2.21 bits per heavy atom. The summed E-state index contributed by atoms with van der Waals surface area (Å²) in [7, 11) is 1.44. The molecule has 1 rings (SSSR count). The highest BCUT2D eigenvalue weighted by Gasteiger charge is 2.16. The lowest BCUT2D eigenvalue weighted by atomic mass is 10.2. The average Bonchev–Trinajstić information content (AvgIpc) is 2.42. The lowest BCUT2D eigenvalue weighted by molar-refractivity contribution is -0.139. The van der Waals surface area contributed by atoms with Gasteiger partial charge in [0.15, 0.2) is 0 Å². The summed E-state index contributed by atoms with van der Waals surface area (Å²) in [4.78, 5) is 22.1. The van der Waals surface area contributed by atoms with Crippen LogP contribution in [0.25, 0.3) is 0 Å². The summed E-state index contributed by atoms with van der Waals surface area (Å²) < 4.78 is 4.98. The number of thioether (sulfide) groups is 1. The van der Waals surface area contributed by atoms with E-state index in [1.165, 1.54) is 25.7 Å². The van der Waals surface area contributed by atoms with Crippen LogP contribution in [0.5, 0.6) is 0 Å². The van der Waals surface area contributed by atoms with Crippen molar-refractivity contribution in [3.63, 3.8) is 0 Å². The number of hydrogen-bond donors (Lipinski definition) is 3. The Balaban J connectivity index is 2.13. The summed E-state index contributed by atoms with van der Waals surface area (Å²) in [6.07, 6.45) is 3.02. The van der Waals surface area contributed by atoms with E-state index in [2.05, 4.69) is 10.6 Å². The molecule has 1 saturated heterocycles. The number of amides is 2. The van der Waals surface area contributed by atoms with E-state index in [0.29, 0.717) is 11.8 Å². The topological polar surface area (TPSA) is 87.7 Å². The van der Waals surface area contributed by atoms with Crippen LogP contribution in [0.1, 0.15) is 25.7 Å². The maximum atomic E-state index is 11.6. The first-order chi connectivity index (χ1) is 9.11. The summed E-state index contributed by atoms with van der Waals surface area (Å²) in [5, 5.41) is 14.6. The summed E-state index contributed by atoms with van der Waals surface area (Å²) in [5.74, 6) is 0.228. The van der Waals surface area contributed by atoms with Crippen LogP contribution in [-0.4, -0.2) is 54.4 Å². The van der Waals surface area contributed by atoms with Crippen molar-refractivity contribution in [1.29, 1.82) is 0 Å². The monoisotopic (exact) mass is 290 g/mol. The Kier molecular flexibility index (Phi) is 7.66. The van der Waals surface area contributed by atoms with Crippen LogP contribution in [-0.2, 0) is 9.53 Å². The fourth-order valence-corrected chi connectivity index (χ4v) is 3.12. The lowest BCUT2D eigenvalue weighted by Gasteiger charge is -2.21. The minimum Gasteiger partial charge on any atom is -0.481 e. The molecule has 0 spiro atoms. The SMILES string of the molecule is COC(CNC(=O)NCC1CCCCS1)CC(=O)O. The van der Waals surface area contributed by atoms with Crippen LogP contribution in [0.15, 0.2) is 0 Å². The molecule has 0 bridgehead atoms. The Morgan fingerprint density at radius 3 is 2.79 bits per heavy atom. The molecule has 1 fully saturated rings. The molecule has 2 amide bonds. The van der Waals surface area contributed by atoms with Gasteiger partial charge in [0.05, 0.1) is 12.5 Å². The standard InChI is InChI=1S/C12H22N2O4S/c1-18-9(6-11(15)16)7-13-12(17)14-8-10-4-2-3-5-19-10/h9-10H,2-8H2,1H3,(H,15,16)(H2,13,14,17). The van der Waals surface area contributed by atoms with E-state index in [-0.39, 0.29) is 19.0 Å². The second-order valence-electron chi connectivity index (χ2n) is 4.54. The maximum absolute atomic E-state index is 11.6. The van der Waals surface area contributed by atoms with E-state index in [0.717, 1.165) is 6.42 Å². The number of carboxylic acids is 1. The Labute approximate surface area is 117 Å². The third-order valence-corrected chi connectivity index (χ3v) is 4.39. The minimum absolute atomic E-state index is 0.116. The largest absolute Gasteiger partial charge is 0.481 e. The van der Waals surface area contributed by atoms with Crippen LogP contribution in [0.4, 0.5) is 4.79 Å². The number of methoxy groups -OCH3 is 1. The van der Waals surface area contributed by atoms with Crippen LogP contribution >= 0.6 is 11.8 Å². The zero-order chi connectivity index (χ0) is 14.1. The van der Waals surface area contributed by atoms with E-state index in [1.54, 1.807) is 0 Å². The van der Waals surface area contributed by atoms with Gasteiger partial charge < -0.3 is 20.5 Å². The van der Waals surface area contributed by atoms with Gasteiger partial charge in [-0.1, -0.05) is 6.42 Å². The van der Waals surface area contributed by atoms with Gasteiger partial charge in [0.2, 0.25) is 0 Å². The first-order valence-corrected chi connectivity index (χ1v) is 7.54. The van der Waals surface area contributed by atoms with Crippen molar-refractivity contribution in [3.05, 3.63) is 0 Å². The quantitative estimate of drug-likeness (QED) is 0.652. The molecule has 6 nitrogen and oxygen atoms in total. The average molecular weight is 290 g/mol. The Hall–Kier alpha value is -0.950. The van der Waals surface area contributed by atoms with Gasteiger partial charge in [0.25, 0.3) is 0 Å². The molecule has 1 aliphatic rings. The molecule has 0 saturated carbocycles. The van der Waals surface area contributed by atoms with Crippen molar-refractivity contribution in [1.82, 2.24) is 10.6 Å². The number of carbonyl (C=O) groups is 2. The predicted octanol–water partition coefficient (Wildman–Crippen LogP) is 1.06. The molecule has 1 heterocycles. The number of aliphatic carboxylic acids is 1. The lowest BCUT2D eigenvalue weighted by Crippen LogP contribution is -2.43. The maximum Gasteiger partial charge on any atom is 0.314 e. The number of ether oxygens (including phenoxy) is 1. The van der Waals surface area contributed by atoms with Crippen molar-refractivity contribution in [2.75, 3.05) is 26.0 Å². The van der Waals surface area contributed by atoms with Crippen LogP contribution in [0.3, 0.4) is 0 Å². The molecular weight excluding hydrogens is 268 g/mol. The molecular formula is C12H22N2O4S. The van der Waals surface area contributed by atoms with Crippen molar-refractivity contribution < 1.29 is 19.4 Å². The zero-order valence-corrected chi connectivity index (χ0v) is 12.0. The molecule has 1 aliphatic heterocycles. The van der Waals surface area contributed by atoms with E-state index >= 15 is 0 Å². The van der Waals surface area contributed by atoms with Gasteiger partial charge in [-0.2, -0.15) is 11.8 Å². The number of nitrogens with one attached hydrogen (secondary N) is 2. The van der Waals surface area contributed by atoms with Gasteiger partial charge in [-0.15, -0.1) is 0 Å². The fraction of sp³-hybridized carbons (Fsp3) is 0.833. The van der Waals surface area contributed by atoms with Crippen molar-refractivity contribution >= 4 is 23.8 Å². The van der Waals surface area contributed by atoms with Gasteiger partial charge in [0, 0.05) is 25.4 Å². The first kappa shape index (κ1) is 16.1. The first-order valence-electron chi connectivity index (χ1n) is 6.49. The summed E-state index contributed by atoms with van der Waals surface area (Å²) in [6, 6.07) is -0.265. The van der Waals surface area contributed by atoms with Crippen LogP contribution < -0.4 is 10.6 Å². The van der Waals surface area contributed by atoms with E-state index in [9.17, 15) is 9.59 Å². The fourth-order valence-electron chi connectivity index (χ4n) is 1.88. The summed E-state index contributed by atoms with van der Waals surface area (Å²) in [5.41, 5.74) is 0. The number of carbonyl (C=O) groups excluding carboxylic acids is 1. The third kappa shape index (κ3) is 7.27. The van der Waals surface area contributed by atoms with Crippen LogP contribution in [0.2, 0.25) is 0 Å². The van der Waals surface area contributed by atoms with E-state index < -0.39 is 12.1 Å². The summed E-state index contributed by atoms with van der Waals surface area (Å²) >= 11 is 1.90. The van der Waals surface area contributed by atoms with Crippen molar-refractivity contribution in [2.45, 2.75) is 37.0 Å². The summed E-state index contributed by atoms with van der Waals surface area (Å²) in [6.45, 7) is 0.861. The second-order valence-corrected chi connectivity index (χ2v) is 5.94. The van der Waals surface area contributed by atoms with Gasteiger partial charge in [-0.3, -0.25) is 4.79 Å². The number of carboxylic acid groups (broad SMARTS) is 1. The van der Waals surface area contributed by atoms with Crippen molar-refractivity contribution in [3.8, 4) is 0 Å². The minimum atomic E-state index is -0.937. The van der Waals surface area contributed by atoms with Crippen molar-refractivity contribution in [2.24, 2.45) is 0 Å². The highest BCUT2D eigenvalue weighted by molar-refractivity contribution is 7.99. The molecule has 0 radical (unpaired) electrons. The van der Waals surface area contributed by atoms with Gasteiger partial charge in [0.1, 0.15) is 0 Å². The molecule has 19 heavy (non-hydrogen) atoms. The molecule has 2 unspecified atom stereocenters. The van der Waals surface area contributed by atoms with Crippen LogP contribution in [0, 0.1) is 0 Å². The molecule has 7 heteroatoms. The van der Waals surface area contributed by atoms with Gasteiger partial charge in [-0.25, -0.2) is 4.79 Å². The normalized spacial score (nSPS) is 20.6. The molecule has 110 valence electrons. The molecule has 3 N–H and O–H groups in total. The highest BCUT2D eigenvalue weighted by atomic mass is 32.2. The number of rotatable bonds is 7. The number of hydrogen-bond acceptors (Lipinski definition) is 4. The Bertz CT molecular complexity index is 295. The zero-order valence-electron chi connectivity index (χ0n) is 11.2. The second kappa shape index (κ2) is 9.03. The van der Waals surface area contributed by atoms with E-state index in [4.69, 9.17) is 9.84 Å². The molecule has 0 aromatic rings. The third-order valence-electron chi connectivity index (χ3n) is 2.99. The number of urea groups is 1. The highest BCUT2D eigenvalue weighted by Crippen LogP contribution is 2.24. The molecule has 0 aliphatic carbocycles. The van der Waals surface area contributed by atoms with Gasteiger partial charge >= 0.3 is 12.0 Å². The molecule has 0 aromatic heterocycles. The Morgan fingerprint density at radius 1 is 1.42 bits per heavy atom. The molecule has 2 atom stereocenters. The smallest absolute Gasteiger partial charge is 0.314 e. The molecule has 0 aromatic carbocycles.